The van der Waals surface area contributed by atoms with Crippen LogP contribution in [0.5, 0.6) is 5.75 Å². The van der Waals surface area contributed by atoms with Gasteiger partial charge in [0.05, 0.1) is 6.61 Å². The Morgan fingerprint density at radius 1 is 1.31 bits per heavy atom. The van der Waals surface area contributed by atoms with Crippen LogP contribution in [0.3, 0.4) is 0 Å². The Balaban J connectivity index is 2.62. The van der Waals surface area contributed by atoms with Crippen LogP contribution >= 0.6 is 0 Å². The number of aromatic nitrogens is 1. The molecule has 0 saturated carbocycles. The van der Waals surface area contributed by atoms with Crippen molar-refractivity contribution in [1.29, 1.82) is 0 Å². The van der Waals surface area contributed by atoms with Crippen LogP contribution in [0.2, 0.25) is 0 Å². The third kappa shape index (κ3) is 3.49. The third-order valence-electron chi connectivity index (χ3n) is 2.49. The van der Waals surface area contributed by atoms with E-state index < -0.39 is 0 Å². The minimum Gasteiger partial charge on any atom is -0.493 e. The van der Waals surface area contributed by atoms with E-state index in [-0.39, 0.29) is 0 Å². The number of methoxy groups -OCH3 is 1. The largest absolute Gasteiger partial charge is 0.493 e. The van der Waals surface area contributed by atoms with Crippen LogP contribution in [0.4, 0.5) is 0 Å². The highest BCUT2D eigenvalue weighted by atomic mass is 16.5. The molecule has 90 valence electrons. The number of pyridine rings is 1. The summed E-state index contributed by atoms with van der Waals surface area (Å²) in [5.74, 6) is 1.37. The highest BCUT2D eigenvalue weighted by Crippen LogP contribution is 2.24. The van der Waals surface area contributed by atoms with Crippen LogP contribution in [0.15, 0.2) is 12.3 Å². The normalized spacial score (nSPS) is 10.8. The predicted octanol–water partition coefficient (Wildman–Crippen LogP) is 2.93. The van der Waals surface area contributed by atoms with Crippen molar-refractivity contribution in [2.24, 2.45) is 0 Å². The van der Waals surface area contributed by atoms with Crippen molar-refractivity contribution >= 4 is 0 Å². The highest BCUT2D eigenvalue weighted by molar-refractivity contribution is 5.35. The molecule has 0 aromatic carbocycles. The predicted molar refractivity (Wildman–Crippen MR) is 65.1 cm³/mol. The second-order valence-electron chi connectivity index (χ2n) is 4.17. The molecule has 0 aliphatic heterocycles. The molecule has 3 nitrogen and oxygen atoms in total. The van der Waals surface area contributed by atoms with E-state index in [1.165, 1.54) is 0 Å². The van der Waals surface area contributed by atoms with E-state index >= 15 is 0 Å². The molecule has 0 spiro atoms. The maximum absolute atomic E-state index is 5.71. The van der Waals surface area contributed by atoms with Crippen molar-refractivity contribution in [3.05, 3.63) is 23.5 Å². The molecule has 3 heteroatoms. The molecule has 0 fully saturated rings. The van der Waals surface area contributed by atoms with Gasteiger partial charge >= 0.3 is 0 Å². The average molecular weight is 223 g/mol. The number of hydrogen-bond donors (Lipinski definition) is 0. The summed E-state index contributed by atoms with van der Waals surface area (Å²) in [5.41, 5.74) is 2.26. The smallest absolute Gasteiger partial charge is 0.125 e. The van der Waals surface area contributed by atoms with Crippen LogP contribution < -0.4 is 4.74 Å². The molecule has 1 aromatic rings. The molecule has 0 atom stereocenters. The van der Waals surface area contributed by atoms with Gasteiger partial charge in [-0.15, -0.1) is 0 Å². The Morgan fingerprint density at radius 3 is 2.69 bits per heavy atom. The van der Waals surface area contributed by atoms with E-state index in [0.29, 0.717) is 12.5 Å². The van der Waals surface area contributed by atoms with E-state index in [1.54, 1.807) is 7.11 Å². The minimum atomic E-state index is 0.433. The van der Waals surface area contributed by atoms with Crippen LogP contribution in [0.25, 0.3) is 0 Å². The van der Waals surface area contributed by atoms with Crippen molar-refractivity contribution in [2.45, 2.75) is 33.1 Å². The van der Waals surface area contributed by atoms with Crippen LogP contribution in [-0.4, -0.2) is 25.3 Å². The summed E-state index contributed by atoms with van der Waals surface area (Å²) >= 11 is 0. The first-order valence-corrected chi connectivity index (χ1v) is 5.74. The zero-order chi connectivity index (χ0) is 12.0. The molecule has 16 heavy (non-hydrogen) atoms. The lowest BCUT2D eigenvalue weighted by molar-refractivity contribution is 0.172. The number of rotatable bonds is 6. The third-order valence-corrected chi connectivity index (χ3v) is 2.49. The molecule has 1 aromatic heterocycles. The molecular formula is C13H21NO2. The lowest BCUT2D eigenvalue weighted by Gasteiger charge is -2.13. The van der Waals surface area contributed by atoms with Gasteiger partial charge in [0, 0.05) is 37.6 Å². The van der Waals surface area contributed by atoms with Crippen molar-refractivity contribution in [3.8, 4) is 5.75 Å². The number of nitrogens with zero attached hydrogens (tertiary/aromatic N) is 1. The fourth-order valence-corrected chi connectivity index (χ4v) is 1.66. The molecule has 1 heterocycles. The summed E-state index contributed by atoms with van der Waals surface area (Å²) in [6.45, 7) is 7.78. The van der Waals surface area contributed by atoms with Crippen LogP contribution in [-0.2, 0) is 4.74 Å². The van der Waals surface area contributed by atoms with Gasteiger partial charge < -0.3 is 9.47 Å². The fourth-order valence-electron chi connectivity index (χ4n) is 1.66. The van der Waals surface area contributed by atoms with Gasteiger partial charge in [0.1, 0.15) is 5.75 Å². The average Bonchev–Trinajstić information content (AvgIpc) is 2.26. The Morgan fingerprint density at radius 2 is 2.06 bits per heavy atom. The molecule has 0 N–H and O–H groups in total. The molecule has 0 aliphatic rings. The van der Waals surface area contributed by atoms with Gasteiger partial charge in [-0.2, -0.15) is 0 Å². The van der Waals surface area contributed by atoms with Gasteiger partial charge in [-0.1, -0.05) is 13.8 Å². The molecule has 0 radical (unpaired) electrons. The fraction of sp³-hybridized carbons (Fsp3) is 0.615. The molecule has 0 bridgehead atoms. The monoisotopic (exact) mass is 223 g/mol. The summed E-state index contributed by atoms with van der Waals surface area (Å²) in [6, 6.07) is 1.92. The SMILES string of the molecule is COCCCOc1ccnc(C(C)C)c1C. The van der Waals surface area contributed by atoms with E-state index in [0.717, 1.165) is 30.0 Å². The minimum absolute atomic E-state index is 0.433. The van der Waals surface area contributed by atoms with Gasteiger partial charge in [0.15, 0.2) is 0 Å². The van der Waals surface area contributed by atoms with Crippen molar-refractivity contribution in [1.82, 2.24) is 4.98 Å². The molecule has 0 unspecified atom stereocenters. The molecular weight excluding hydrogens is 202 g/mol. The van der Waals surface area contributed by atoms with E-state index in [9.17, 15) is 0 Å². The van der Waals surface area contributed by atoms with Crippen molar-refractivity contribution in [3.63, 3.8) is 0 Å². The zero-order valence-electron chi connectivity index (χ0n) is 10.6. The number of hydrogen-bond acceptors (Lipinski definition) is 3. The lowest BCUT2D eigenvalue weighted by Crippen LogP contribution is -2.05. The first-order chi connectivity index (χ1) is 7.66. The van der Waals surface area contributed by atoms with Crippen molar-refractivity contribution in [2.75, 3.05) is 20.3 Å². The quantitative estimate of drug-likeness (QED) is 0.695. The van der Waals surface area contributed by atoms with E-state index in [2.05, 4.69) is 25.8 Å². The summed E-state index contributed by atoms with van der Waals surface area (Å²) in [4.78, 5) is 4.38. The molecule has 0 aliphatic carbocycles. The number of ether oxygens (including phenoxy) is 2. The van der Waals surface area contributed by atoms with Gasteiger partial charge in [-0.25, -0.2) is 0 Å². The van der Waals surface area contributed by atoms with Gasteiger partial charge in [-0.3, -0.25) is 4.98 Å². The summed E-state index contributed by atoms with van der Waals surface area (Å²) < 4.78 is 10.7. The Bertz CT molecular complexity index is 324. The highest BCUT2D eigenvalue weighted by Gasteiger charge is 2.09. The molecule has 0 saturated heterocycles. The Hall–Kier alpha value is -1.09. The first-order valence-electron chi connectivity index (χ1n) is 5.74. The van der Waals surface area contributed by atoms with E-state index in [1.807, 2.05) is 12.3 Å². The lowest BCUT2D eigenvalue weighted by atomic mass is 10.0. The summed E-state index contributed by atoms with van der Waals surface area (Å²) in [5, 5.41) is 0. The van der Waals surface area contributed by atoms with Gasteiger partial charge in [-0.05, 0) is 18.9 Å². The second-order valence-corrected chi connectivity index (χ2v) is 4.17. The van der Waals surface area contributed by atoms with Crippen LogP contribution in [0.1, 0.15) is 37.4 Å². The van der Waals surface area contributed by atoms with Crippen LogP contribution in [0, 0.1) is 6.92 Å². The first kappa shape index (κ1) is 13.0. The Kier molecular flexibility index (Phi) is 5.26. The molecule has 1 rings (SSSR count). The van der Waals surface area contributed by atoms with Crippen molar-refractivity contribution < 1.29 is 9.47 Å². The van der Waals surface area contributed by atoms with Gasteiger partial charge in [0.25, 0.3) is 0 Å². The Labute approximate surface area is 97.8 Å². The maximum Gasteiger partial charge on any atom is 0.125 e. The summed E-state index contributed by atoms with van der Waals surface area (Å²) in [6.07, 6.45) is 2.73. The van der Waals surface area contributed by atoms with E-state index in [4.69, 9.17) is 9.47 Å². The van der Waals surface area contributed by atoms with Gasteiger partial charge in [0.2, 0.25) is 0 Å². The molecule has 0 amide bonds. The second kappa shape index (κ2) is 6.48. The topological polar surface area (TPSA) is 31.4 Å². The standard InChI is InChI=1S/C13H21NO2/c1-10(2)13-11(3)12(6-7-14-13)16-9-5-8-15-4/h6-7,10H,5,8-9H2,1-4H3. The maximum atomic E-state index is 5.71. The zero-order valence-corrected chi connectivity index (χ0v) is 10.6. The summed E-state index contributed by atoms with van der Waals surface area (Å²) in [7, 11) is 1.70.